The fourth-order valence-electron chi connectivity index (χ4n) is 1.46. The molecule has 0 saturated carbocycles. The topological polar surface area (TPSA) is 35.8 Å². The number of benzene rings is 2. The average molecular weight is 309 g/mol. The SMILES string of the molecule is N#Cc1cc(Br)ccc1Nc1cccc(F)c1F. The number of nitriles is 1. The van der Waals surface area contributed by atoms with E-state index in [2.05, 4.69) is 21.2 Å². The van der Waals surface area contributed by atoms with E-state index in [0.717, 1.165) is 10.5 Å². The van der Waals surface area contributed by atoms with Crippen LogP contribution in [0.2, 0.25) is 0 Å². The molecule has 0 bridgehead atoms. The Morgan fingerprint density at radius 1 is 1.11 bits per heavy atom. The van der Waals surface area contributed by atoms with Gasteiger partial charge in [-0.25, -0.2) is 8.78 Å². The summed E-state index contributed by atoms with van der Waals surface area (Å²) in [6, 6.07) is 10.7. The molecular formula is C13H7BrF2N2. The van der Waals surface area contributed by atoms with Gasteiger partial charge < -0.3 is 5.32 Å². The van der Waals surface area contributed by atoms with Crippen molar-refractivity contribution in [3.63, 3.8) is 0 Å². The molecule has 1 N–H and O–H groups in total. The summed E-state index contributed by atoms with van der Waals surface area (Å²) in [7, 11) is 0. The summed E-state index contributed by atoms with van der Waals surface area (Å²) in [5.74, 6) is -1.90. The van der Waals surface area contributed by atoms with Crippen molar-refractivity contribution < 1.29 is 8.78 Å². The lowest BCUT2D eigenvalue weighted by molar-refractivity contribution is 0.512. The molecule has 2 aromatic carbocycles. The van der Waals surface area contributed by atoms with Gasteiger partial charge in [0.2, 0.25) is 0 Å². The van der Waals surface area contributed by atoms with E-state index < -0.39 is 11.6 Å². The molecule has 0 amide bonds. The summed E-state index contributed by atoms with van der Waals surface area (Å²) in [5, 5.41) is 11.7. The maximum atomic E-state index is 13.5. The lowest BCUT2D eigenvalue weighted by atomic mass is 10.2. The van der Waals surface area contributed by atoms with Crippen molar-refractivity contribution >= 4 is 27.3 Å². The Morgan fingerprint density at radius 3 is 2.61 bits per heavy atom. The molecule has 5 heteroatoms. The highest BCUT2D eigenvalue weighted by atomic mass is 79.9. The van der Waals surface area contributed by atoms with Gasteiger partial charge in [-0.1, -0.05) is 22.0 Å². The van der Waals surface area contributed by atoms with E-state index in [-0.39, 0.29) is 5.69 Å². The maximum Gasteiger partial charge on any atom is 0.182 e. The third kappa shape index (κ3) is 2.49. The first kappa shape index (κ1) is 12.5. The fraction of sp³-hybridized carbons (Fsp3) is 0. The highest BCUT2D eigenvalue weighted by Crippen LogP contribution is 2.26. The van der Waals surface area contributed by atoms with Crippen molar-refractivity contribution in [2.45, 2.75) is 0 Å². The molecule has 0 fully saturated rings. The van der Waals surface area contributed by atoms with E-state index >= 15 is 0 Å². The van der Waals surface area contributed by atoms with Crippen LogP contribution in [0.1, 0.15) is 5.56 Å². The molecule has 0 spiro atoms. The van der Waals surface area contributed by atoms with Gasteiger partial charge >= 0.3 is 0 Å². The van der Waals surface area contributed by atoms with E-state index in [0.29, 0.717) is 11.3 Å². The second kappa shape index (κ2) is 5.15. The Labute approximate surface area is 111 Å². The van der Waals surface area contributed by atoms with Crippen LogP contribution in [0.25, 0.3) is 0 Å². The molecule has 2 aromatic rings. The van der Waals surface area contributed by atoms with Crippen molar-refractivity contribution in [3.05, 3.63) is 58.1 Å². The predicted molar refractivity (Wildman–Crippen MR) is 68.5 cm³/mol. The second-order valence-corrected chi connectivity index (χ2v) is 4.44. The first-order valence-corrected chi connectivity index (χ1v) is 5.82. The van der Waals surface area contributed by atoms with Gasteiger partial charge in [0.15, 0.2) is 11.6 Å². The summed E-state index contributed by atoms with van der Waals surface area (Å²) in [6.07, 6.45) is 0. The van der Waals surface area contributed by atoms with Crippen molar-refractivity contribution in [2.24, 2.45) is 0 Å². The molecule has 0 radical (unpaired) electrons. The van der Waals surface area contributed by atoms with Crippen LogP contribution in [0.5, 0.6) is 0 Å². The number of anilines is 2. The van der Waals surface area contributed by atoms with Gasteiger partial charge in [-0.15, -0.1) is 0 Å². The van der Waals surface area contributed by atoms with E-state index in [1.807, 2.05) is 6.07 Å². The molecule has 0 saturated heterocycles. The molecule has 18 heavy (non-hydrogen) atoms. The third-order valence-electron chi connectivity index (χ3n) is 2.32. The Morgan fingerprint density at radius 2 is 1.89 bits per heavy atom. The summed E-state index contributed by atoms with van der Waals surface area (Å²) >= 11 is 3.24. The zero-order chi connectivity index (χ0) is 13.1. The van der Waals surface area contributed by atoms with E-state index in [1.54, 1.807) is 18.2 Å². The Hall–Kier alpha value is -1.93. The molecule has 0 aromatic heterocycles. The normalized spacial score (nSPS) is 9.89. The number of halogens is 3. The van der Waals surface area contributed by atoms with Gasteiger partial charge in [-0.05, 0) is 30.3 Å². The molecule has 2 nitrogen and oxygen atoms in total. The van der Waals surface area contributed by atoms with Gasteiger partial charge in [0.25, 0.3) is 0 Å². The van der Waals surface area contributed by atoms with Crippen molar-refractivity contribution in [1.29, 1.82) is 5.26 Å². The van der Waals surface area contributed by atoms with Gasteiger partial charge in [0, 0.05) is 4.47 Å². The summed E-state index contributed by atoms with van der Waals surface area (Å²) in [6.45, 7) is 0. The Kier molecular flexibility index (Phi) is 3.58. The molecule has 90 valence electrons. The van der Waals surface area contributed by atoms with Gasteiger partial charge in [-0.3, -0.25) is 0 Å². The zero-order valence-corrected chi connectivity index (χ0v) is 10.6. The molecule has 0 aliphatic carbocycles. The number of hydrogen-bond acceptors (Lipinski definition) is 2. The van der Waals surface area contributed by atoms with Crippen LogP contribution in [0.3, 0.4) is 0 Å². The van der Waals surface area contributed by atoms with Crippen LogP contribution in [-0.4, -0.2) is 0 Å². The average Bonchev–Trinajstić information content (AvgIpc) is 2.37. The van der Waals surface area contributed by atoms with E-state index in [4.69, 9.17) is 5.26 Å². The summed E-state index contributed by atoms with van der Waals surface area (Å²) in [5.41, 5.74) is 0.757. The summed E-state index contributed by atoms with van der Waals surface area (Å²) in [4.78, 5) is 0. The highest BCUT2D eigenvalue weighted by Gasteiger charge is 2.09. The molecular weight excluding hydrogens is 302 g/mol. The Balaban J connectivity index is 2.41. The van der Waals surface area contributed by atoms with Crippen LogP contribution in [0.15, 0.2) is 40.9 Å². The monoisotopic (exact) mass is 308 g/mol. The lowest BCUT2D eigenvalue weighted by Crippen LogP contribution is -1.98. The van der Waals surface area contributed by atoms with Crippen LogP contribution in [0, 0.1) is 23.0 Å². The first-order chi connectivity index (χ1) is 8.61. The number of nitrogens with one attached hydrogen (secondary N) is 1. The second-order valence-electron chi connectivity index (χ2n) is 3.53. The number of nitrogens with zero attached hydrogens (tertiary/aromatic N) is 1. The minimum Gasteiger partial charge on any atom is -0.352 e. The smallest absolute Gasteiger partial charge is 0.182 e. The fourth-order valence-corrected chi connectivity index (χ4v) is 1.82. The van der Waals surface area contributed by atoms with Crippen molar-refractivity contribution in [2.75, 3.05) is 5.32 Å². The Bertz CT molecular complexity index is 635. The van der Waals surface area contributed by atoms with E-state index in [9.17, 15) is 8.78 Å². The maximum absolute atomic E-state index is 13.5. The highest BCUT2D eigenvalue weighted by molar-refractivity contribution is 9.10. The van der Waals surface area contributed by atoms with Crippen LogP contribution < -0.4 is 5.32 Å². The van der Waals surface area contributed by atoms with Gasteiger partial charge in [-0.2, -0.15) is 5.26 Å². The van der Waals surface area contributed by atoms with Crippen LogP contribution >= 0.6 is 15.9 Å². The van der Waals surface area contributed by atoms with Crippen molar-refractivity contribution in [3.8, 4) is 6.07 Å². The first-order valence-electron chi connectivity index (χ1n) is 5.02. The van der Waals surface area contributed by atoms with Crippen LogP contribution in [-0.2, 0) is 0 Å². The number of hydrogen-bond donors (Lipinski definition) is 1. The van der Waals surface area contributed by atoms with Crippen LogP contribution in [0.4, 0.5) is 20.2 Å². The molecule has 0 unspecified atom stereocenters. The van der Waals surface area contributed by atoms with Gasteiger partial charge in [0.1, 0.15) is 6.07 Å². The molecule has 0 aliphatic rings. The molecule has 0 atom stereocenters. The standard InChI is InChI=1S/C13H7BrF2N2/c14-9-4-5-11(8(6-9)7-17)18-12-3-1-2-10(15)13(12)16/h1-6,18H. The van der Waals surface area contributed by atoms with Crippen molar-refractivity contribution in [1.82, 2.24) is 0 Å². The number of rotatable bonds is 2. The molecule has 0 aliphatic heterocycles. The minimum atomic E-state index is -0.968. The zero-order valence-electron chi connectivity index (χ0n) is 9.05. The molecule has 2 rings (SSSR count). The molecule has 0 heterocycles. The van der Waals surface area contributed by atoms with E-state index in [1.165, 1.54) is 12.1 Å². The lowest BCUT2D eigenvalue weighted by Gasteiger charge is -2.09. The predicted octanol–water partition coefficient (Wildman–Crippen LogP) is 4.34. The third-order valence-corrected chi connectivity index (χ3v) is 2.82. The summed E-state index contributed by atoms with van der Waals surface area (Å²) < 4.78 is 27.3. The minimum absolute atomic E-state index is 0.00572. The quantitative estimate of drug-likeness (QED) is 0.895. The van der Waals surface area contributed by atoms with Gasteiger partial charge in [0.05, 0.1) is 16.9 Å². The largest absolute Gasteiger partial charge is 0.352 e.